The average molecular weight is 218 g/mol. The Morgan fingerprint density at radius 3 is 2.88 bits per heavy atom. The van der Waals surface area contributed by atoms with Gasteiger partial charge in [-0.2, -0.15) is 0 Å². The van der Waals surface area contributed by atoms with E-state index in [1.54, 1.807) is 18.2 Å². The van der Waals surface area contributed by atoms with Crippen LogP contribution in [-0.4, -0.2) is 22.2 Å². The fourth-order valence-corrected chi connectivity index (χ4v) is 1.33. The molecule has 0 aliphatic rings. The Hall–Kier alpha value is -2.30. The summed E-state index contributed by atoms with van der Waals surface area (Å²) in [5.74, 6) is 0.668. The monoisotopic (exact) mass is 218 g/mol. The first kappa shape index (κ1) is 10.2. The predicted octanol–water partition coefficient (Wildman–Crippen LogP) is 1.15. The Morgan fingerprint density at radius 2 is 2.25 bits per heavy atom. The van der Waals surface area contributed by atoms with Crippen molar-refractivity contribution < 1.29 is 9.84 Å². The molecule has 0 saturated carbocycles. The minimum atomic E-state index is -0.351. The summed E-state index contributed by atoms with van der Waals surface area (Å²) in [6.45, 7) is 0. The Morgan fingerprint density at radius 1 is 1.44 bits per heavy atom. The third kappa shape index (κ3) is 1.88. The lowest BCUT2D eigenvalue weighted by molar-refractivity contribution is 0.406. The fraction of sp³-hybridized carbons (Fsp3) is 0.0909. The van der Waals surface area contributed by atoms with Crippen LogP contribution in [0, 0.1) is 0 Å². The van der Waals surface area contributed by atoms with E-state index in [0.717, 1.165) is 0 Å². The summed E-state index contributed by atoms with van der Waals surface area (Å²) in [4.78, 5) is 18.0. The summed E-state index contributed by atoms with van der Waals surface area (Å²) >= 11 is 0. The summed E-state index contributed by atoms with van der Waals surface area (Å²) < 4.78 is 4.80. The SMILES string of the molecule is COc1cnc(-c2cccc(O)c2)[nH]c1=O. The number of aromatic nitrogens is 2. The van der Waals surface area contributed by atoms with Crippen molar-refractivity contribution in [1.29, 1.82) is 0 Å². The van der Waals surface area contributed by atoms with Crippen LogP contribution < -0.4 is 10.3 Å². The molecule has 2 N–H and O–H groups in total. The van der Waals surface area contributed by atoms with Gasteiger partial charge in [0.15, 0.2) is 0 Å². The van der Waals surface area contributed by atoms with Crippen molar-refractivity contribution in [3.8, 4) is 22.9 Å². The van der Waals surface area contributed by atoms with E-state index in [1.165, 1.54) is 19.4 Å². The molecule has 0 saturated heterocycles. The number of ether oxygens (including phenoxy) is 1. The molecule has 82 valence electrons. The second-order valence-corrected chi connectivity index (χ2v) is 3.18. The van der Waals surface area contributed by atoms with Crippen molar-refractivity contribution in [2.75, 3.05) is 7.11 Å². The molecule has 5 heteroatoms. The zero-order valence-corrected chi connectivity index (χ0v) is 8.60. The van der Waals surface area contributed by atoms with Gasteiger partial charge in [0.2, 0.25) is 5.75 Å². The zero-order valence-electron chi connectivity index (χ0n) is 8.60. The third-order valence-electron chi connectivity index (χ3n) is 2.11. The van der Waals surface area contributed by atoms with Crippen LogP contribution in [-0.2, 0) is 0 Å². The van der Waals surface area contributed by atoms with Gasteiger partial charge >= 0.3 is 0 Å². The molecule has 0 unspecified atom stereocenters. The Balaban J connectivity index is 2.49. The molecule has 2 rings (SSSR count). The normalized spacial score (nSPS) is 10.1. The molecule has 1 aromatic heterocycles. The van der Waals surface area contributed by atoms with E-state index in [2.05, 4.69) is 9.97 Å². The highest BCUT2D eigenvalue weighted by Crippen LogP contribution is 2.19. The maximum Gasteiger partial charge on any atom is 0.293 e. The Bertz CT molecular complexity index is 563. The molecule has 0 aliphatic heterocycles. The lowest BCUT2D eigenvalue weighted by Gasteiger charge is -2.02. The summed E-state index contributed by atoms with van der Waals surface area (Å²) in [5, 5.41) is 9.30. The van der Waals surface area contributed by atoms with E-state index < -0.39 is 0 Å². The Labute approximate surface area is 91.4 Å². The van der Waals surface area contributed by atoms with Crippen LogP contribution in [0.1, 0.15) is 0 Å². The van der Waals surface area contributed by atoms with Crippen molar-refractivity contribution in [2.45, 2.75) is 0 Å². The summed E-state index contributed by atoms with van der Waals surface area (Å²) in [5.41, 5.74) is 0.288. The second kappa shape index (κ2) is 4.06. The van der Waals surface area contributed by atoms with Gasteiger partial charge in [-0.05, 0) is 12.1 Å². The number of phenolic OH excluding ortho intramolecular Hbond substituents is 1. The molecular formula is C11H10N2O3. The van der Waals surface area contributed by atoms with E-state index in [1.807, 2.05) is 0 Å². The van der Waals surface area contributed by atoms with E-state index in [0.29, 0.717) is 11.4 Å². The Kier molecular flexibility index (Phi) is 2.59. The van der Waals surface area contributed by atoms with Crippen LogP contribution in [0.25, 0.3) is 11.4 Å². The summed E-state index contributed by atoms with van der Waals surface area (Å²) in [6.07, 6.45) is 1.35. The van der Waals surface area contributed by atoms with Crippen LogP contribution in [0.2, 0.25) is 0 Å². The van der Waals surface area contributed by atoms with Gasteiger partial charge in [-0.25, -0.2) is 4.98 Å². The molecule has 0 amide bonds. The number of hydrogen-bond donors (Lipinski definition) is 2. The highest BCUT2D eigenvalue weighted by molar-refractivity contribution is 5.57. The third-order valence-corrected chi connectivity index (χ3v) is 2.11. The number of aromatic amines is 1. The van der Waals surface area contributed by atoms with Gasteiger partial charge in [0.25, 0.3) is 5.56 Å². The van der Waals surface area contributed by atoms with E-state index in [-0.39, 0.29) is 17.1 Å². The molecule has 1 heterocycles. The number of methoxy groups -OCH3 is 1. The average Bonchev–Trinajstić information content (AvgIpc) is 2.29. The van der Waals surface area contributed by atoms with E-state index in [4.69, 9.17) is 4.74 Å². The molecule has 0 bridgehead atoms. The molecule has 0 aliphatic carbocycles. The van der Waals surface area contributed by atoms with Crippen LogP contribution in [0.15, 0.2) is 35.3 Å². The first-order chi connectivity index (χ1) is 7.70. The second-order valence-electron chi connectivity index (χ2n) is 3.18. The molecule has 1 aromatic carbocycles. The maximum atomic E-state index is 11.4. The lowest BCUT2D eigenvalue weighted by atomic mass is 10.2. The first-order valence-electron chi connectivity index (χ1n) is 4.63. The highest BCUT2D eigenvalue weighted by Gasteiger charge is 2.04. The molecule has 0 radical (unpaired) electrons. The number of hydrogen-bond acceptors (Lipinski definition) is 4. The van der Waals surface area contributed by atoms with Gasteiger partial charge in [0.05, 0.1) is 13.3 Å². The molecule has 0 fully saturated rings. The van der Waals surface area contributed by atoms with Crippen molar-refractivity contribution in [2.24, 2.45) is 0 Å². The summed E-state index contributed by atoms with van der Waals surface area (Å²) in [6, 6.07) is 6.48. The van der Waals surface area contributed by atoms with Crippen LogP contribution in [0.5, 0.6) is 11.5 Å². The van der Waals surface area contributed by atoms with Crippen molar-refractivity contribution in [1.82, 2.24) is 9.97 Å². The maximum absolute atomic E-state index is 11.4. The number of H-pyrrole nitrogens is 1. The summed E-state index contributed by atoms with van der Waals surface area (Å²) in [7, 11) is 1.40. The first-order valence-corrected chi connectivity index (χ1v) is 4.63. The molecule has 0 atom stereocenters. The van der Waals surface area contributed by atoms with Crippen molar-refractivity contribution in [3.05, 3.63) is 40.8 Å². The van der Waals surface area contributed by atoms with Gasteiger partial charge in [-0.15, -0.1) is 0 Å². The van der Waals surface area contributed by atoms with Gasteiger partial charge in [-0.3, -0.25) is 4.79 Å². The molecule has 5 nitrogen and oxygen atoms in total. The number of benzene rings is 1. The molecule has 0 spiro atoms. The molecule has 2 aromatic rings. The number of aromatic hydroxyl groups is 1. The van der Waals surface area contributed by atoms with E-state index >= 15 is 0 Å². The van der Waals surface area contributed by atoms with Crippen molar-refractivity contribution >= 4 is 0 Å². The predicted molar refractivity (Wildman–Crippen MR) is 58.5 cm³/mol. The highest BCUT2D eigenvalue weighted by atomic mass is 16.5. The van der Waals surface area contributed by atoms with Crippen LogP contribution in [0.3, 0.4) is 0 Å². The quantitative estimate of drug-likeness (QED) is 0.792. The lowest BCUT2D eigenvalue weighted by Crippen LogP contribution is -2.11. The van der Waals surface area contributed by atoms with Gasteiger partial charge in [0.1, 0.15) is 11.6 Å². The number of phenols is 1. The minimum Gasteiger partial charge on any atom is -0.508 e. The standard InChI is InChI=1S/C11H10N2O3/c1-16-9-6-12-10(13-11(9)15)7-3-2-4-8(14)5-7/h2-6,14H,1H3,(H,12,13,15). The fourth-order valence-electron chi connectivity index (χ4n) is 1.33. The largest absolute Gasteiger partial charge is 0.508 e. The minimum absolute atomic E-state index is 0.121. The number of nitrogens with zero attached hydrogens (tertiary/aromatic N) is 1. The van der Waals surface area contributed by atoms with Gasteiger partial charge in [0, 0.05) is 5.56 Å². The number of rotatable bonds is 2. The number of nitrogens with one attached hydrogen (secondary N) is 1. The van der Waals surface area contributed by atoms with Gasteiger partial charge < -0.3 is 14.8 Å². The van der Waals surface area contributed by atoms with Crippen LogP contribution >= 0.6 is 0 Å². The zero-order chi connectivity index (χ0) is 11.5. The van der Waals surface area contributed by atoms with E-state index in [9.17, 15) is 9.90 Å². The van der Waals surface area contributed by atoms with Crippen LogP contribution in [0.4, 0.5) is 0 Å². The molecular weight excluding hydrogens is 208 g/mol. The molecule has 16 heavy (non-hydrogen) atoms. The van der Waals surface area contributed by atoms with Crippen molar-refractivity contribution in [3.63, 3.8) is 0 Å². The topological polar surface area (TPSA) is 75.2 Å². The smallest absolute Gasteiger partial charge is 0.293 e. The van der Waals surface area contributed by atoms with Gasteiger partial charge in [-0.1, -0.05) is 12.1 Å².